The lowest BCUT2D eigenvalue weighted by atomic mass is 10.2. The van der Waals surface area contributed by atoms with Crippen LogP contribution in [0.25, 0.3) is 0 Å². The number of aliphatic hydroxyl groups is 2. The third-order valence-corrected chi connectivity index (χ3v) is 2.94. The monoisotopic (exact) mass is 192 g/mol. The van der Waals surface area contributed by atoms with E-state index in [0.717, 1.165) is 6.42 Å². The molecule has 1 rings (SSSR count). The van der Waals surface area contributed by atoms with Gasteiger partial charge in [0, 0.05) is 5.25 Å². The Labute approximate surface area is 77.1 Å². The highest BCUT2D eigenvalue weighted by Gasteiger charge is 2.29. The van der Waals surface area contributed by atoms with Gasteiger partial charge in [-0.15, -0.1) is 11.8 Å². The van der Waals surface area contributed by atoms with Gasteiger partial charge in [0.05, 0.1) is 19.3 Å². The summed E-state index contributed by atoms with van der Waals surface area (Å²) in [4.78, 5) is -0.696. The normalized spacial score (nSPS) is 31.0. The second-order valence-corrected chi connectivity index (χ2v) is 5.46. The molecule has 0 aromatic carbocycles. The molecule has 0 radical (unpaired) electrons. The third-order valence-electron chi connectivity index (χ3n) is 1.70. The van der Waals surface area contributed by atoms with Crippen LogP contribution in [0, 0.1) is 0 Å². The Morgan fingerprint density at radius 1 is 1.58 bits per heavy atom. The topological polar surface area (TPSA) is 49.7 Å². The smallest absolute Gasteiger partial charge is 0.105 e. The Morgan fingerprint density at radius 2 is 2.25 bits per heavy atom. The molecule has 2 atom stereocenters. The number of ether oxygens (including phenoxy) is 1. The molecule has 0 amide bonds. The van der Waals surface area contributed by atoms with Crippen molar-refractivity contribution in [3.63, 3.8) is 0 Å². The lowest BCUT2D eigenvalue weighted by Crippen LogP contribution is -2.19. The van der Waals surface area contributed by atoms with Crippen molar-refractivity contribution in [1.29, 1.82) is 0 Å². The van der Waals surface area contributed by atoms with Gasteiger partial charge in [0.1, 0.15) is 4.93 Å². The quantitative estimate of drug-likeness (QED) is 0.643. The molecule has 72 valence electrons. The Bertz CT molecular complexity index is 144. The van der Waals surface area contributed by atoms with Crippen LogP contribution < -0.4 is 0 Å². The third kappa shape index (κ3) is 3.31. The van der Waals surface area contributed by atoms with E-state index in [-0.39, 0.29) is 12.7 Å². The molecule has 0 bridgehead atoms. The molecule has 1 heterocycles. The van der Waals surface area contributed by atoms with E-state index < -0.39 is 4.93 Å². The van der Waals surface area contributed by atoms with Crippen molar-refractivity contribution >= 4 is 11.8 Å². The number of hydrogen-bond donors (Lipinski definition) is 2. The van der Waals surface area contributed by atoms with Gasteiger partial charge in [0.25, 0.3) is 0 Å². The first kappa shape index (κ1) is 10.3. The first-order chi connectivity index (χ1) is 5.51. The largest absolute Gasteiger partial charge is 0.394 e. The summed E-state index contributed by atoms with van der Waals surface area (Å²) in [6.45, 7) is 4.26. The van der Waals surface area contributed by atoms with Crippen LogP contribution in [-0.4, -0.2) is 39.7 Å². The van der Waals surface area contributed by atoms with Crippen molar-refractivity contribution in [3.05, 3.63) is 0 Å². The lowest BCUT2D eigenvalue weighted by molar-refractivity contribution is 0.0592. The highest BCUT2D eigenvalue weighted by Crippen LogP contribution is 2.32. The van der Waals surface area contributed by atoms with E-state index in [1.165, 1.54) is 11.8 Å². The molecule has 4 heteroatoms. The van der Waals surface area contributed by atoms with Gasteiger partial charge in [-0.1, -0.05) is 0 Å². The number of aliphatic hydroxyl groups excluding tert-OH is 1. The summed E-state index contributed by atoms with van der Waals surface area (Å²) < 4.78 is 5.28. The predicted octanol–water partition coefficient (Wildman–Crippen LogP) is 0.598. The molecule has 0 saturated carbocycles. The highest BCUT2D eigenvalue weighted by molar-refractivity contribution is 8.01. The van der Waals surface area contributed by atoms with Crippen molar-refractivity contribution in [2.45, 2.75) is 36.6 Å². The number of rotatable bonds is 3. The fraction of sp³-hybridized carbons (Fsp3) is 1.00. The zero-order valence-corrected chi connectivity index (χ0v) is 8.30. The molecule has 0 spiro atoms. The maximum atomic E-state index is 9.48. The first-order valence-corrected chi connectivity index (χ1v) is 5.02. The first-order valence-electron chi connectivity index (χ1n) is 4.14. The van der Waals surface area contributed by atoms with Crippen molar-refractivity contribution < 1.29 is 14.9 Å². The predicted molar refractivity (Wildman–Crippen MR) is 49.1 cm³/mol. The highest BCUT2D eigenvalue weighted by atomic mass is 32.2. The van der Waals surface area contributed by atoms with Gasteiger partial charge in [-0.3, -0.25) is 0 Å². The fourth-order valence-electron chi connectivity index (χ4n) is 1.29. The Kier molecular flexibility index (Phi) is 3.40. The van der Waals surface area contributed by atoms with Crippen molar-refractivity contribution in [2.24, 2.45) is 0 Å². The second kappa shape index (κ2) is 3.96. The summed E-state index contributed by atoms with van der Waals surface area (Å²) in [6.07, 6.45) is 0.815. The molecule has 1 aliphatic rings. The van der Waals surface area contributed by atoms with E-state index in [1.54, 1.807) is 13.8 Å². The average Bonchev–Trinajstić information content (AvgIpc) is 2.32. The summed E-state index contributed by atoms with van der Waals surface area (Å²) in [5.74, 6) is 0. The lowest BCUT2D eigenvalue weighted by Gasteiger charge is -2.20. The molecule has 0 aromatic rings. The van der Waals surface area contributed by atoms with Gasteiger partial charge in [0.2, 0.25) is 0 Å². The van der Waals surface area contributed by atoms with E-state index in [4.69, 9.17) is 9.84 Å². The summed E-state index contributed by atoms with van der Waals surface area (Å²) >= 11 is 1.50. The average molecular weight is 192 g/mol. The van der Waals surface area contributed by atoms with Crippen LogP contribution in [0.2, 0.25) is 0 Å². The van der Waals surface area contributed by atoms with Crippen LogP contribution in [0.15, 0.2) is 0 Å². The Morgan fingerprint density at radius 3 is 2.67 bits per heavy atom. The van der Waals surface area contributed by atoms with Crippen molar-refractivity contribution in [1.82, 2.24) is 0 Å². The van der Waals surface area contributed by atoms with Gasteiger partial charge < -0.3 is 14.9 Å². The van der Waals surface area contributed by atoms with Crippen LogP contribution in [0.4, 0.5) is 0 Å². The molecule has 1 fully saturated rings. The zero-order valence-electron chi connectivity index (χ0n) is 7.49. The fourth-order valence-corrected chi connectivity index (χ4v) is 2.56. The van der Waals surface area contributed by atoms with Crippen LogP contribution >= 0.6 is 11.8 Å². The molecule has 1 saturated heterocycles. The van der Waals surface area contributed by atoms with Gasteiger partial charge in [-0.2, -0.15) is 0 Å². The van der Waals surface area contributed by atoms with E-state index in [1.807, 2.05) is 0 Å². The molecule has 1 unspecified atom stereocenters. The Balaban J connectivity index is 2.28. The number of thioether (sulfide) groups is 1. The minimum atomic E-state index is -0.696. The van der Waals surface area contributed by atoms with E-state index >= 15 is 0 Å². The van der Waals surface area contributed by atoms with Crippen LogP contribution in [-0.2, 0) is 4.74 Å². The molecule has 3 nitrogen and oxygen atoms in total. The SMILES string of the molecule is CC(C)(O)SC1CO[C@H](CO)C1. The van der Waals surface area contributed by atoms with E-state index in [2.05, 4.69) is 0 Å². The minimum Gasteiger partial charge on any atom is -0.394 e. The van der Waals surface area contributed by atoms with Gasteiger partial charge >= 0.3 is 0 Å². The summed E-state index contributed by atoms with van der Waals surface area (Å²) in [6, 6.07) is 0. The van der Waals surface area contributed by atoms with Crippen LogP contribution in [0.1, 0.15) is 20.3 Å². The second-order valence-electron chi connectivity index (χ2n) is 3.56. The maximum absolute atomic E-state index is 9.48. The van der Waals surface area contributed by atoms with Gasteiger partial charge in [-0.05, 0) is 20.3 Å². The summed E-state index contributed by atoms with van der Waals surface area (Å²) in [5.41, 5.74) is 0. The number of hydrogen-bond acceptors (Lipinski definition) is 4. The van der Waals surface area contributed by atoms with Crippen molar-refractivity contribution in [3.8, 4) is 0 Å². The molecule has 1 aliphatic heterocycles. The van der Waals surface area contributed by atoms with Crippen LogP contribution in [0.3, 0.4) is 0 Å². The molecule has 12 heavy (non-hydrogen) atoms. The van der Waals surface area contributed by atoms with Crippen LogP contribution in [0.5, 0.6) is 0 Å². The maximum Gasteiger partial charge on any atom is 0.105 e. The van der Waals surface area contributed by atoms with Gasteiger partial charge in [0.15, 0.2) is 0 Å². The standard InChI is InChI=1S/C8H16O3S/c1-8(2,10)12-7-3-6(4-9)11-5-7/h6-7,9-10H,3-5H2,1-2H3/t6-,7?/m0/s1. The Hall–Kier alpha value is 0.230. The molecule has 2 N–H and O–H groups in total. The summed E-state index contributed by atoms with van der Waals surface area (Å²) in [5, 5.41) is 18.6. The molecular formula is C8H16O3S. The minimum absolute atomic E-state index is 0.0233. The van der Waals surface area contributed by atoms with E-state index in [9.17, 15) is 5.11 Å². The molecule has 0 aliphatic carbocycles. The van der Waals surface area contributed by atoms with Crippen molar-refractivity contribution in [2.75, 3.05) is 13.2 Å². The zero-order chi connectivity index (χ0) is 9.19. The van der Waals surface area contributed by atoms with E-state index in [0.29, 0.717) is 11.9 Å². The van der Waals surface area contributed by atoms with Gasteiger partial charge in [-0.25, -0.2) is 0 Å². The summed E-state index contributed by atoms with van der Waals surface area (Å²) in [7, 11) is 0. The molecular weight excluding hydrogens is 176 g/mol. The molecule has 0 aromatic heterocycles.